The predicted molar refractivity (Wildman–Crippen MR) is 62.6 cm³/mol. The zero-order valence-electron chi connectivity index (χ0n) is 9.51. The van der Waals surface area contributed by atoms with E-state index in [-0.39, 0.29) is 6.10 Å². The fourth-order valence-corrected chi connectivity index (χ4v) is 1.90. The van der Waals surface area contributed by atoms with Gasteiger partial charge in [-0.05, 0) is 6.42 Å². The van der Waals surface area contributed by atoms with Crippen molar-refractivity contribution in [2.75, 3.05) is 0 Å². The maximum Gasteiger partial charge on any atom is 0.0717 e. The third-order valence-corrected chi connectivity index (χ3v) is 3.11. The summed E-state index contributed by atoms with van der Waals surface area (Å²) in [4.78, 5) is 0. The van der Waals surface area contributed by atoms with E-state index in [1.807, 2.05) is 6.08 Å². The maximum atomic E-state index is 9.57. The van der Waals surface area contributed by atoms with Crippen LogP contribution in [0.25, 0.3) is 0 Å². The van der Waals surface area contributed by atoms with Gasteiger partial charge in [0.1, 0.15) is 0 Å². The molecule has 1 atom stereocenters. The molecule has 0 aliphatic carbocycles. The molecule has 0 bridgehead atoms. The molecule has 78 valence electrons. The van der Waals surface area contributed by atoms with Gasteiger partial charge in [0.05, 0.1) is 14.2 Å². The summed E-state index contributed by atoms with van der Waals surface area (Å²) in [7, 11) is -1.11. The van der Waals surface area contributed by atoms with Crippen LogP contribution in [0.1, 0.15) is 32.6 Å². The molecule has 0 heterocycles. The molecule has 1 nitrogen and oxygen atoms in total. The van der Waals surface area contributed by atoms with E-state index < -0.39 is 8.07 Å². The molecule has 0 rings (SSSR count). The molecule has 0 saturated carbocycles. The van der Waals surface area contributed by atoms with Gasteiger partial charge in [-0.15, -0.1) is 0 Å². The molecular formula is C11H24OSi. The molecule has 13 heavy (non-hydrogen) atoms. The van der Waals surface area contributed by atoms with Crippen LogP contribution >= 0.6 is 0 Å². The van der Waals surface area contributed by atoms with Crippen molar-refractivity contribution < 1.29 is 5.11 Å². The van der Waals surface area contributed by atoms with Crippen molar-refractivity contribution in [2.45, 2.75) is 58.4 Å². The average molecular weight is 200 g/mol. The molecule has 0 aliphatic rings. The Morgan fingerprint density at radius 2 is 1.85 bits per heavy atom. The fourth-order valence-electron chi connectivity index (χ4n) is 1.10. The molecule has 0 fully saturated rings. The first kappa shape index (κ1) is 12.9. The van der Waals surface area contributed by atoms with Gasteiger partial charge >= 0.3 is 0 Å². The van der Waals surface area contributed by atoms with E-state index in [1.54, 1.807) is 0 Å². The highest BCUT2D eigenvalue weighted by atomic mass is 28.3. The average Bonchev–Trinajstić information content (AvgIpc) is 2.00. The second kappa shape index (κ2) is 6.38. The topological polar surface area (TPSA) is 20.2 Å². The largest absolute Gasteiger partial charge is 0.389 e. The molecule has 0 spiro atoms. The maximum absolute atomic E-state index is 9.57. The lowest BCUT2D eigenvalue weighted by molar-refractivity contribution is 0.208. The second-order valence-electron chi connectivity index (χ2n) is 4.79. The Morgan fingerprint density at radius 3 is 2.31 bits per heavy atom. The van der Waals surface area contributed by atoms with Crippen LogP contribution in [0, 0.1) is 0 Å². The summed E-state index contributed by atoms with van der Waals surface area (Å²) in [6.45, 7) is 9.02. The number of aliphatic hydroxyl groups excluding tert-OH is 1. The molecule has 0 radical (unpaired) electrons. The van der Waals surface area contributed by atoms with Gasteiger partial charge in [0.2, 0.25) is 0 Å². The number of rotatable bonds is 6. The Morgan fingerprint density at radius 1 is 1.23 bits per heavy atom. The van der Waals surface area contributed by atoms with E-state index in [4.69, 9.17) is 0 Å². The molecule has 0 aromatic rings. The summed E-state index contributed by atoms with van der Waals surface area (Å²) in [5.41, 5.74) is 2.23. The van der Waals surface area contributed by atoms with Gasteiger partial charge in [-0.3, -0.25) is 0 Å². The number of aliphatic hydroxyl groups is 1. The Hall–Kier alpha value is -0.0831. The van der Waals surface area contributed by atoms with Crippen molar-refractivity contribution in [3.8, 4) is 0 Å². The zero-order chi connectivity index (χ0) is 10.3. The number of unbranched alkanes of at least 4 members (excludes halogenated alkanes) is 2. The van der Waals surface area contributed by atoms with Gasteiger partial charge in [0, 0.05) is 0 Å². The Labute approximate surface area is 83.9 Å². The van der Waals surface area contributed by atoms with Gasteiger partial charge < -0.3 is 5.11 Å². The minimum atomic E-state index is -1.11. The Kier molecular flexibility index (Phi) is 6.34. The van der Waals surface area contributed by atoms with Crippen molar-refractivity contribution in [2.24, 2.45) is 0 Å². The van der Waals surface area contributed by atoms with E-state index in [1.165, 1.54) is 12.8 Å². The van der Waals surface area contributed by atoms with Gasteiger partial charge in [0.15, 0.2) is 0 Å². The fraction of sp³-hybridized carbons (Fsp3) is 0.818. The van der Waals surface area contributed by atoms with Crippen molar-refractivity contribution in [1.82, 2.24) is 0 Å². The quantitative estimate of drug-likeness (QED) is 0.515. The van der Waals surface area contributed by atoms with Gasteiger partial charge in [-0.2, -0.15) is 0 Å². The summed E-state index contributed by atoms with van der Waals surface area (Å²) < 4.78 is 0. The number of hydrogen-bond acceptors (Lipinski definition) is 1. The minimum absolute atomic E-state index is 0.210. The van der Waals surface area contributed by atoms with E-state index in [0.29, 0.717) is 0 Å². The Bertz CT molecular complexity index is 147. The molecule has 2 heteroatoms. The highest BCUT2D eigenvalue weighted by Crippen LogP contribution is 2.07. The van der Waals surface area contributed by atoms with E-state index in [9.17, 15) is 5.11 Å². The summed E-state index contributed by atoms with van der Waals surface area (Å²) in [6, 6.07) is 0. The summed E-state index contributed by atoms with van der Waals surface area (Å²) in [6.07, 6.45) is 6.31. The molecular weight excluding hydrogens is 176 g/mol. The van der Waals surface area contributed by atoms with Crippen molar-refractivity contribution in [3.05, 3.63) is 11.8 Å². The van der Waals surface area contributed by atoms with Crippen LogP contribution in [0.4, 0.5) is 0 Å². The smallest absolute Gasteiger partial charge is 0.0717 e. The molecule has 0 aliphatic heterocycles. The van der Waals surface area contributed by atoms with E-state index in [0.717, 1.165) is 12.8 Å². The van der Waals surface area contributed by atoms with Gasteiger partial charge in [-0.1, -0.05) is 57.6 Å². The van der Waals surface area contributed by atoms with Crippen molar-refractivity contribution in [1.29, 1.82) is 0 Å². The van der Waals surface area contributed by atoms with Crippen LogP contribution in [0.15, 0.2) is 11.8 Å². The summed E-state index contributed by atoms with van der Waals surface area (Å²) in [5, 5.41) is 9.57. The van der Waals surface area contributed by atoms with E-state index >= 15 is 0 Å². The molecule has 0 amide bonds. The van der Waals surface area contributed by atoms with Crippen LogP contribution in [0.2, 0.25) is 19.6 Å². The highest BCUT2D eigenvalue weighted by molar-refractivity contribution is 6.80. The summed E-state index contributed by atoms with van der Waals surface area (Å²) >= 11 is 0. The van der Waals surface area contributed by atoms with Gasteiger partial charge in [0.25, 0.3) is 0 Å². The van der Waals surface area contributed by atoms with Crippen LogP contribution < -0.4 is 0 Å². The standard InChI is InChI=1S/C11H24OSi/c1-5-6-7-8-11(12)9-10-13(2,3)4/h9-12H,5-8H2,1-4H3/b10-9+/t11-/m1/s1. The summed E-state index contributed by atoms with van der Waals surface area (Å²) in [5.74, 6) is 0. The third-order valence-electron chi connectivity index (χ3n) is 1.92. The molecule has 0 saturated heterocycles. The van der Waals surface area contributed by atoms with Gasteiger partial charge in [-0.25, -0.2) is 0 Å². The second-order valence-corrected chi connectivity index (χ2v) is 9.85. The third kappa shape index (κ3) is 9.83. The highest BCUT2D eigenvalue weighted by Gasteiger charge is 2.08. The normalized spacial score (nSPS) is 15.2. The molecule has 0 unspecified atom stereocenters. The molecule has 0 aromatic heterocycles. The van der Waals surface area contributed by atoms with Crippen LogP contribution in [-0.2, 0) is 0 Å². The van der Waals surface area contributed by atoms with Crippen LogP contribution in [-0.4, -0.2) is 19.3 Å². The first-order chi connectivity index (χ1) is 5.95. The first-order valence-electron chi connectivity index (χ1n) is 5.33. The van der Waals surface area contributed by atoms with Crippen LogP contribution in [0.5, 0.6) is 0 Å². The molecule has 1 N–H and O–H groups in total. The number of hydrogen-bond donors (Lipinski definition) is 1. The Balaban J connectivity index is 3.61. The predicted octanol–water partition coefficient (Wildman–Crippen LogP) is 3.36. The zero-order valence-corrected chi connectivity index (χ0v) is 10.5. The minimum Gasteiger partial charge on any atom is -0.389 e. The lowest BCUT2D eigenvalue weighted by atomic mass is 10.1. The SMILES string of the molecule is CCCCC[C@@H](O)/C=C/[Si](C)(C)C. The van der Waals surface area contributed by atoms with Crippen LogP contribution in [0.3, 0.4) is 0 Å². The first-order valence-corrected chi connectivity index (χ1v) is 8.91. The molecule has 0 aromatic carbocycles. The van der Waals surface area contributed by atoms with Crippen molar-refractivity contribution in [3.63, 3.8) is 0 Å². The lowest BCUT2D eigenvalue weighted by Gasteiger charge is -2.10. The lowest BCUT2D eigenvalue weighted by Crippen LogP contribution is -2.17. The van der Waals surface area contributed by atoms with E-state index in [2.05, 4.69) is 32.3 Å². The monoisotopic (exact) mass is 200 g/mol. The van der Waals surface area contributed by atoms with Crippen molar-refractivity contribution >= 4 is 8.07 Å².